The van der Waals surface area contributed by atoms with E-state index in [-0.39, 0.29) is 11.9 Å². The van der Waals surface area contributed by atoms with Crippen LogP contribution in [0.15, 0.2) is 29.6 Å². The highest BCUT2D eigenvalue weighted by molar-refractivity contribution is 7.71. The molecule has 27 heavy (non-hydrogen) atoms. The molecule has 0 unspecified atom stereocenters. The predicted octanol–water partition coefficient (Wildman–Crippen LogP) is 4.32. The number of carbonyl (C=O) groups excluding carboxylic acids is 1. The number of hydrogen-bond acceptors (Lipinski definition) is 5. The molecule has 7 nitrogen and oxygen atoms in total. The number of anilines is 1. The summed E-state index contributed by atoms with van der Waals surface area (Å²) < 4.78 is 2.47. The van der Waals surface area contributed by atoms with Crippen molar-refractivity contribution in [1.82, 2.24) is 25.1 Å². The van der Waals surface area contributed by atoms with Gasteiger partial charge in [-0.05, 0) is 43.4 Å². The van der Waals surface area contributed by atoms with Gasteiger partial charge in [0.05, 0.1) is 0 Å². The number of thiazole rings is 1. The highest BCUT2D eigenvalue weighted by atomic mass is 32.1. The quantitative estimate of drug-likeness (QED) is 0.536. The van der Waals surface area contributed by atoms with Crippen LogP contribution in [0.1, 0.15) is 31.3 Å². The van der Waals surface area contributed by atoms with Crippen LogP contribution in [-0.4, -0.2) is 32.3 Å². The Hall–Kier alpha value is -2.52. The van der Waals surface area contributed by atoms with E-state index < -0.39 is 0 Å². The average Bonchev–Trinajstić information content (AvgIpc) is 3.22. The number of nitrogens with one attached hydrogen (secondary N) is 3. The first-order valence-electron chi connectivity index (χ1n) is 8.66. The fourth-order valence-corrected chi connectivity index (χ4v) is 3.66. The van der Waals surface area contributed by atoms with Crippen LogP contribution in [-0.2, 0) is 6.54 Å². The molecule has 0 fully saturated rings. The molecule has 2 amide bonds. The number of hydrogen-bond donors (Lipinski definition) is 3. The molecule has 0 radical (unpaired) electrons. The molecule has 0 bridgehead atoms. The van der Waals surface area contributed by atoms with Crippen molar-refractivity contribution in [2.75, 3.05) is 11.9 Å². The third kappa shape index (κ3) is 4.81. The molecule has 2 heterocycles. The number of nitrogens with zero attached hydrogens (tertiary/aromatic N) is 3. The second-order valence-corrected chi connectivity index (χ2v) is 7.69. The zero-order chi connectivity index (χ0) is 19.4. The summed E-state index contributed by atoms with van der Waals surface area (Å²) in [4.78, 5) is 16.6. The summed E-state index contributed by atoms with van der Waals surface area (Å²) in [5.41, 5.74) is 2.77. The van der Waals surface area contributed by atoms with Crippen molar-refractivity contribution in [3.8, 4) is 10.6 Å². The highest BCUT2D eigenvalue weighted by Crippen LogP contribution is 2.24. The molecule has 2 aromatic heterocycles. The van der Waals surface area contributed by atoms with Crippen LogP contribution >= 0.6 is 23.6 Å². The van der Waals surface area contributed by atoms with Crippen molar-refractivity contribution in [3.05, 3.63) is 45.9 Å². The minimum Gasteiger partial charge on any atom is -0.336 e. The maximum Gasteiger partial charge on any atom is 0.319 e. The fourth-order valence-electron chi connectivity index (χ4n) is 2.63. The van der Waals surface area contributed by atoms with Gasteiger partial charge in [0.1, 0.15) is 10.8 Å². The molecule has 142 valence electrons. The molecule has 0 saturated carbocycles. The van der Waals surface area contributed by atoms with E-state index in [4.69, 9.17) is 12.2 Å². The molecule has 3 rings (SSSR count). The van der Waals surface area contributed by atoms with Gasteiger partial charge >= 0.3 is 6.03 Å². The van der Waals surface area contributed by atoms with Crippen molar-refractivity contribution in [2.45, 2.75) is 33.2 Å². The second kappa shape index (κ2) is 8.45. The summed E-state index contributed by atoms with van der Waals surface area (Å²) in [6.45, 7) is 7.10. The van der Waals surface area contributed by atoms with Crippen molar-refractivity contribution < 1.29 is 4.79 Å². The van der Waals surface area contributed by atoms with Gasteiger partial charge in [0.25, 0.3) is 0 Å². The van der Waals surface area contributed by atoms with Crippen LogP contribution in [0.2, 0.25) is 0 Å². The van der Waals surface area contributed by atoms with Crippen LogP contribution in [0.4, 0.5) is 10.5 Å². The van der Waals surface area contributed by atoms with Gasteiger partial charge in [-0.3, -0.25) is 5.10 Å². The molecule has 0 aliphatic carbocycles. The van der Waals surface area contributed by atoms with Gasteiger partial charge in [-0.2, -0.15) is 5.10 Å². The number of aromatic amines is 1. The maximum atomic E-state index is 12.1. The van der Waals surface area contributed by atoms with Crippen molar-refractivity contribution in [1.29, 1.82) is 0 Å². The third-order valence-corrected chi connectivity index (χ3v) is 5.25. The summed E-state index contributed by atoms with van der Waals surface area (Å²) in [5.74, 6) is 1.14. The van der Waals surface area contributed by atoms with Gasteiger partial charge in [0.15, 0.2) is 4.77 Å². The minimum absolute atomic E-state index is 0.256. The third-order valence-electron chi connectivity index (χ3n) is 3.93. The van der Waals surface area contributed by atoms with E-state index in [1.807, 2.05) is 41.1 Å². The number of carbonyl (C=O) groups is 1. The number of aryl methyl sites for hydroxylation is 1. The lowest BCUT2D eigenvalue weighted by Crippen LogP contribution is -2.31. The monoisotopic (exact) mass is 402 g/mol. The lowest BCUT2D eigenvalue weighted by Gasteiger charge is -2.11. The number of urea groups is 1. The van der Waals surface area contributed by atoms with Gasteiger partial charge < -0.3 is 15.2 Å². The van der Waals surface area contributed by atoms with Crippen molar-refractivity contribution in [3.63, 3.8) is 0 Å². The topological polar surface area (TPSA) is 87.6 Å². The number of H-pyrrole nitrogens is 1. The first-order chi connectivity index (χ1) is 12.9. The summed E-state index contributed by atoms with van der Waals surface area (Å²) in [6, 6.07) is 7.39. The maximum absolute atomic E-state index is 12.1. The molecule has 1 aromatic carbocycles. The first-order valence-corrected chi connectivity index (χ1v) is 9.95. The summed E-state index contributed by atoms with van der Waals surface area (Å²) >= 11 is 6.85. The molecule has 0 atom stereocenters. The van der Waals surface area contributed by atoms with Gasteiger partial charge in [-0.25, -0.2) is 9.78 Å². The minimum atomic E-state index is -0.256. The standard InChI is InChI=1S/C18H22N6OS2/c1-11(2)15-22-23-18(26)24(15)9-8-19-17(25)21-14-6-4-13(5-7-14)16-20-12(3)10-27-16/h4-7,10-11H,8-9H2,1-3H3,(H,23,26)(H2,19,21,25). The Morgan fingerprint density at radius 2 is 2.07 bits per heavy atom. The second-order valence-electron chi connectivity index (χ2n) is 6.45. The Labute approximate surface area is 166 Å². The molecule has 9 heteroatoms. The number of rotatable bonds is 6. The van der Waals surface area contributed by atoms with E-state index in [1.165, 1.54) is 0 Å². The summed E-state index contributed by atoms with van der Waals surface area (Å²) in [5, 5.41) is 15.7. The van der Waals surface area contributed by atoms with E-state index >= 15 is 0 Å². The van der Waals surface area contributed by atoms with E-state index in [0.29, 0.717) is 17.9 Å². The molecule has 0 spiro atoms. The van der Waals surface area contributed by atoms with Gasteiger partial charge in [0.2, 0.25) is 0 Å². The Bertz CT molecular complexity index is 970. The molecular formula is C18H22N6OS2. The fraction of sp³-hybridized carbons (Fsp3) is 0.333. The van der Waals surface area contributed by atoms with Gasteiger partial charge in [-0.1, -0.05) is 13.8 Å². The van der Waals surface area contributed by atoms with Crippen LogP contribution in [0.5, 0.6) is 0 Å². The summed E-state index contributed by atoms with van der Waals surface area (Å²) in [6.07, 6.45) is 0. The van der Waals surface area contributed by atoms with E-state index in [9.17, 15) is 4.79 Å². The van der Waals surface area contributed by atoms with Crippen LogP contribution in [0.3, 0.4) is 0 Å². The molecule has 3 N–H and O–H groups in total. The Morgan fingerprint density at radius 3 is 2.70 bits per heavy atom. The van der Waals surface area contributed by atoms with Crippen molar-refractivity contribution in [2.24, 2.45) is 0 Å². The smallest absolute Gasteiger partial charge is 0.319 e. The molecule has 0 aliphatic heterocycles. The van der Waals surface area contributed by atoms with Crippen molar-refractivity contribution >= 4 is 35.3 Å². The summed E-state index contributed by atoms with van der Waals surface area (Å²) in [7, 11) is 0. The lowest BCUT2D eigenvalue weighted by atomic mass is 10.2. The lowest BCUT2D eigenvalue weighted by molar-refractivity contribution is 0.251. The van der Waals surface area contributed by atoms with Gasteiger partial charge in [0, 0.05) is 41.3 Å². The first kappa shape index (κ1) is 19.2. The molecule has 0 saturated heterocycles. The normalized spacial score (nSPS) is 11.0. The van der Waals surface area contributed by atoms with Gasteiger partial charge in [-0.15, -0.1) is 11.3 Å². The zero-order valence-electron chi connectivity index (χ0n) is 15.4. The number of amides is 2. The molecular weight excluding hydrogens is 380 g/mol. The number of benzene rings is 1. The van der Waals surface area contributed by atoms with E-state index in [1.54, 1.807) is 11.3 Å². The Kier molecular flexibility index (Phi) is 6.02. The Morgan fingerprint density at radius 1 is 1.33 bits per heavy atom. The van der Waals surface area contributed by atoms with Crippen LogP contribution in [0.25, 0.3) is 10.6 Å². The van der Waals surface area contributed by atoms with E-state index in [2.05, 4.69) is 39.7 Å². The SMILES string of the molecule is Cc1csc(-c2ccc(NC(=O)NCCn3c(C(C)C)n[nH]c3=S)cc2)n1. The zero-order valence-corrected chi connectivity index (χ0v) is 17.1. The average molecular weight is 403 g/mol. The van der Waals surface area contributed by atoms with Crippen LogP contribution < -0.4 is 10.6 Å². The van der Waals surface area contributed by atoms with Crippen LogP contribution in [0, 0.1) is 11.7 Å². The highest BCUT2D eigenvalue weighted by Gasteiger charge is 2.10. The molecule has 0 aliphatic rings. The largest absolute Gasteiger partial charge is 0.336 e. The Balaban J connectivity index is 1.52. The van der Waals surface area contributed by atoms with E-state index in [0.717, 1.165) is 27.8 Å². The number of aromatic nitrogens is 4. The molecule has 3 aromatic rings. The predicted molar refractivity (Wildman–Crippen MR) is 111 cm³/mol.